The van der Waals surface area contributed by atoms with Gasteiger partial charge in [0.1, 0.15) is 17.2 Å². The molecule has 5 nitrogen and oxygen atoms in total. The molecule has 0 fully saturated rings. The van der Waals surface area contributed by atoms with Crippen LogP contribution in [-0.2, 0) is 4.79 Å². The molecule has 1 heterocycles. The molecule has 5 heteroatoms. The van der Waals surface area contributed by atoms with E-state index >= 15 is 0 Å². The van der Waals surface area contributed by atoms with E-state index in [9.17, 15) is 19.8 Å². The van der Waals surface area contributed by atoms with Crippen molar-refractivity contribution in [1.29, 1.82) is 0 Å². The molecule has 2 N–H and O–H groups in total. The summed E-state index contributed by atoms with van der Waals surface area (Å²) in [4.78, 5) is 23.4. The minimum absolute atomic E-state index is 0.0622. The van der Waals surface area contributed by atoms with E-state index in [-0.39, 0.29) is 35.0 Å². The number of hydrogen-bond donors (Lipinski definition) is 2. The molecular formula is C17H14O5. The normalized spacial score (nSPS) is 16.8. The number of hydrogen-bond acceptors (Lipinski definition) is 5. The van der Waals surface area contributed by atoms with Crippen LogP contribution in [0, 0.1) is 0 Å². The van der Waals surface area contributed by atoms with Crippen molar-refractivity contribution in [2.45, 2.75) is 19.3 Å². The number of ether oxygens (including phenoxy) is 1. The van der Waals surface area contributed by atoms with Crippen molar-refractivity contribution in [2.75, 3.05) is 0 Å². The average Bonchev–Trinajstić information content (AvgIpc) is 2.47. The number of fused-ring (bicyclic) bond motifs is 1. The molecule has 0 saturated carbocycles. The first-order chi connectivity index (χ1) is 10.5. The lowest BCUT2D eigenvalue weighted by Gasteiger charge is -2.26. The second-order valence-electron chi connectivity index (χ2n) is 5.25. The van der Waals surface area contributed by atoms with Crippen LogP contribution in [0.5, 0.6) is 17.2 Å². The Hall–Kier alpha value is -2.82. The number of phenolic OH excluding ortho intramolecular Hbond substituents is 2. The Bertz CT molecular complexity index is 761. The molecule has 1 atom stereocenters. The van der Waals surface area contributed by atoms with Crippen molar-refractivity contribution in [3.8, 4) is 17.2 Å². The van der Waals surface area contributed by atoms with Gasteiger partial charge in [-0.1, -0.05) is 12.1 Å². The van der Waals surface area contributed by atoms with E-state index in [1.54, 1.807) is 12.1 Å². The molecule has 3 rings (SSSR count). The molecule has 112 valence electrons. The Kier molecular flexibility index (Phi) is 3.33. The van der Waals surface area contributed by atoms with Gasteiger partial charge in [-0.05, 0) is 36.8 Å². The number of ketones is 1. The SMILES string of the molecule is CC(=O)c1ccc2c(c1O)[C@H](c1ccc(O)cc1)CC(=O)O2. The molecule has 0 saturated heterocycles. The molecule has 2 aromatic carbocycles. The van der Waals surface area contributed by atoms with Crippen LogP contribution < -0.4 is 4.74 Å². The number of aromatic hydroxyl groups is 2. The van der Waals surface area contributed by atoms with Crippen LogP contribution >= 0.6 is 0 Å². The second kappa shape index (κ2) is 5.18. The zero-order chi connectivity index (χ0) is 15.9. The number of carbonyl (C=O) groups excluding carboxylic acids is 2. The molecule has 0 amide bonds. The van der Waals surface area contributed by atoms with Gasteiger partial charge < -0.3 is 14.9 Å². The number of phenols is 2. The Morgan fingerprint density at radius 3 is 2.45 bits per heavy atom. The first kappa shape index (κ1) is 14.1. The van der Waals surface area contributed by atoms with Crippen molar-refractivity contribution >= 4 is 11.8 Å². The summed E-state index contributed by atoms with van der Waals surface area (Å²) in [7, 11) is 0. The topological polar surface area (TPSA) is 83.8 Å². The number of esters is 1. The van der Waals surface area contributed by atoms with E-state index in [4.69, 9.17) is 4.74 Å². The summed E-state index contributed by atoms with van der Waals surface area (Å²) in [6.45, 7) is 1.37. The lowest BCUT2D eigenvalue weighted by atomic mass is 9.84. The summed E-state index contributed by atoms with van der Waals surface area (Å²) >= 11 is 0. The average molecular weight is 298 g/mol. The van der Waals surface area contributed by atoms with Crippen LogP contribution in [0.15, 0.2) is 36.4 Å². The monoisotopic (exact) mass is 298 g/mol. The van der Waals surface area contributed by atoms with E-state index in [0.717, 1.165) is 5.56 Å². The van der Waals surface area contributed by atoms with Crippen molar-refractivity contribution in [1.82, 2.24) is 0 Å². The van der Waals surface area contributed by atoms with Gasteiger partial charge in [-0.3, -0.25) is 9.59 Å². The van der Waals surface area contributed by atoms with Gasteiger partial charge in [0.15, 0.2) is 5.78 Å². The molecule has 22 heavy (non-hydrogen) atoms. The summed E-state index contributed by atoms with van der Waals surface area (Å²) in [5.41, 5.74) is 1.38. The Labute approximate surface area is 126 Å². The van der Waals surface area contributed by atoms with Crippen LogP contribution in [-0.4, -0.2) is 22.0 Å². The fraction of sp³-hybridized carbons (Fsp3) is 0.176. The van der Waals surface area contributed by atoms with Crippen LogP contribution in [0.2, 0.25) is 0 Å². The quantitative estimate of drug-likeness (QED) is 0.506. The predicted molar refractivity (Wildman–Crippen MR) is 78.3 cm³/mol. The van der Waals surface area contributed by atoms with Crippen molar-refractivity contribution in [3.05, 3.63) is 53.1 Å². The summed E-state index contributed by atoms with van der Waals surface area (Å²) < 4.78 is 5.16. The summed E-state index contributed by atoms with van der Waals surface area (Å²) in [6.07, 6.45) is 0.0622. The smallest absolute Gasteiger partial charge is 0.312 e. The van der Waals surface area contributed by atoms with Crippen molar-refractivity contribution < 1.29 is 24.5 Å². The van der Waals surface area contributed by atoms with Crippen molar-refractivity contribution in [3.63, 3.8) is 0 Å². The Balaban J connectivity index is 2.18. The Morgan fingerprint density at radius 2 is 1.82 bits per heavy atom. The third kappa shape index (κ3) is 2.30. The van der Waals surface area contributed by atoms with Gasteiger partial charge in [-0.25, -0.2) is 0 Å². The third-order valence-electron chi connectivity index (χ3n) is 3.79. The van der Waals surface area contributed by atoms with E-state index in [0.29, 0.717) is 5.56 Å². The molecule has 0 unspecified atom stereocenters. The van der Waals surface area contributed by atoms with E-state index in [2.05, 4.69) is 0 Å². The molecule has 0 spiro atoms. The summed E-state index contributed by atoms with van der Waals surface area (Å²) in [6, 6.07) is 9.37. The largest absolute Gasteiger partial charge is 0.508 e. The third-order valence-corrected chi connectivity index (χ3v) is 3.79. The lowest BCUT2D eigenvalue weighted by molar-refractivity contribution is -0.135. The van der Waals surface area contributed by atoms with Gasteiger partial charge in [0.2, 0.25) is 0 Å². The maximum Gasteiger partial charge on any atom is 0.312 e. The zero-order valence-corrected chi connectivity index (χ0v) is 11.9. The highest BCUT2D eigenvalue weighted by Gasteiger charge is 2.32. The molecule has 0 aliphatic carbocycles. The Morgan fingerprint density at radius 1 is 1.14 bits per heavy atom. The fourth-order valence-corrected chi connectivity index (χ4v) is 2.72. The number of Topliss-reactive ketones (excluding diaryl/α,β-unsaturated/α-hetero) is 1. The molecule has 0 bridgehead atoms. The standard InChI is InChI=1S/C17H14O5/c1-9(18)12-6-7-14-16(17(12)21)13(8-15(20)22-14)10-2-4-11(19)5-3-10/h2-7,13,19,21H,8H2,1H3/t13-/m0/s1. The number of benzene rings is 2. The van der Waals surface area contributed by atoms with Crippen LogP contribution in [0.3, 0.4) is 0 Å². The van der Waals surface area contributed by atoms with Crippen LogP contribution in [0.1, 0.15) is 40.7 Å². The maximum absolute atomic E-state index is 11.8. The molecule has 0 radical (unpaired) electrons. The molecular weight excluding hydrogens is 284 g/mol. The first-order valence-electron chi connectivity index (χ1n) is 6.83. The molecule has 0 aromatic heterocycles. The van der Waals surface area contributed by atoms with E-state index in [1.165, 1.54) is 31.2 Å². The number of carbonyl (C=O) groups is 2. The highest BCUT2D eigenvalue weighted by Crippen LogP contribution is 2.45. The summed E-state index contributed by atoms with van der Waals surface area (Å²) in [5, 5.41) is 19.8. The highest BCUT2D eigenvalue weighted by atomic mass is 16.5. The first-order valence-corrected chi connectivity index (χ1v) is 6.83. The van der Waals surface area contributed by atoms with Gasteiger partial charge in [0, 0.05) is 11.5 Å². The molecule has 1 aliphatic rings. The zero-order valence-electron chi connectivity index (χ0n) is 11.9. The van der Waals surface area contributed by atoms with E-state index < -0.39 is 11.9 Å². The number of rotatable bonds is 2. The van der Waals surface area contributed by atoms with Gasteiger partial charge >= 0.3 is 5.97 Å². The van der Waals surface area contributed by atoms with Crippen LogP contribution in [0.4, 0.5) is 0 Å². The minimum Gasteiger partial charge on any atom is -0.508 e. The second-order valence-corrected chi connectivity index (χ2v) is 5.25. The van der Waals surface area contributed by atoms with Gasteiger partial charge in [0.25, 0.3) is 0 Å². The lowest BCUT2D eigenvalue weighted by Crippen LogP contribution is -2.21. The van der Waals surface area contributed by atoms with E-state index in [1.807, 2.05) is 0 Å². The van der Waals surface area contributed by atoms with Crippen molar-refractivity contribution in [2.24, 2.45) is 0 Å². The predicted octanol–water partition coefficient (Wildman–Crippen LogP) is 2.74. The molecule has 2 aromatic rings. The minimum atomic E-state index is -0.420. The molecule has 1 aliphatic heterocycles. The highest BCUT2D eigenvalue weighted by molar-refractivity contribution is 5.98. The fourth-order valence-electron chi connectivity index (χ4n) is 2.72. The maximum atomic E-state index is 11.8. The van der Waals surface area contributed by atoms with Gasteiger partial charge in [0.05, 0.1) is 12.0 Å². The van der Waals surface area contributed by atoms with Crippen LogP contribution in [0.25, 0.3) is 0 Å². The van der Waals surface area contributed by atoms with Gasteiger partial charge in [-0.15, -0.1) is 0 Å². The summed E-state index contributed by atoms with van der Waals surface area (Å²) in [5.74, 6) is -0.866. The van der Waals surface area contributed by atoms with Gasteiger partial charge in [-0.2, -0.15) is 0 Å².